The summed E-state index contributed by atoms with van der Waals surface area (Å²) in [7, 11) is 0. The molecule has 1 atom stereocenters. The number of nitrogens with two attached hydrogens (primary N) is 1. The molecule has 0 fully saturated rings. The number of aryl methyl sites for hydroxylation is 1. The van der Waals surface area contributed by atoms with Crippen molar-refractivity contribution >= 4 is 28.1 Å². The van der Waals surface area contributed by atoms with Crippen LogP contribution in [0, 0.1) is 6.92 Å². The average Bonchev–Trinajstić information content (AvgIpc) is 3.20. The van der Waals surface area contributed by atoms with E-state index in [2.05, 4.69) is 10.3 Å². The van der Waals surface area contributed by atoms with Crippen LogP contribution in [0.3, 0.4) is 0 Å². The molecule has 0 aliphatic rings. The number of carbonyl (C=O) groups excluding carboxylic acids is 1. The second-order valence-corrected chi connectivity index (χ2v) is 7.13. The molecule has 0 aliphatic carbocycles. The Morgan fingerprint density at radius 3 is 2.90 bits per heavy atom. The molecule has 0 spiro atoms. The number of nitrogens with zero attached hydrogens (tertiary/aromatic N) is 1. The average molecular weight is 419 g/mol. The number of rotatable bonds is 9. The number of aromatic nitrogens is 1. The molecule has 3 rings (SSSR count). The maximum Gasteiger partial charge on any atom is 0.230 e. The van der Waals surface area contributed by atoms with Crippen LogP contribution in [0.15, 0.2) is 53.8 Å². The van der Waals surface area contributed by atoms with Crippen LogP contribution in [0.1, 0.15) is 60.0 Å². The van der Waals surface area contributed by atoms with Gasteiger partial charge >= 0.3 is 0 Å². The lowest BCUT2D eigenvalue weighted by molar-refractivity contribution is -0.115. The molecular weight excluding hydrogens is 382 g/mol. The quantitative estimate of drug-likeness (QED) is 0.471. The third-order valence-electron chi connectivity index (χ3n) is 3.94. The molecule has 29 heavy (non-hydrogen) atoms. The number of carbonyl (C=O) groups is 1. The maximum absolute atomic E-state index is 12.5. The van der Waals surface area contributed by atoms with E-state index >= 15 is 0 Å². The highest BCUT2D eigenvalue weighted by molar-refractivity contribution is 7.13. The number of nitrogens with one attached hydrogen (secondary N) is 1. The minimum atomic E-state index is -2.58. The Hall–Kier alpha value is -2.70. The van der Waals surface area contributed by atoms with E-state index in [-0.39, 0.29) is 70.4 Å². The Morgan fingerprint density at radius 1 is 1.38 bits per heavy atom. The zero-order valence-electron chi connectivity index (χ0n) is 24.8. The van der Waals surface area contributed by atoms with Gasteiger partial charge in [-0.25, -0.2) is 4.98 Å². The van der Waals surface area contributed by atoms with Crippen LogP contribution in [0.4, 0.5) is 10.8 Å². The van der Waals surface area contributed by atoms with Gasteiger partial charge in [0.1, 0.15) is 0 Å². The van der Waals surface area contributed by atoms with Crippen LogP contribution in [0.2, 0.25) is 0 Å². The second kappa shape index (κ2) is 10.2. The van der Waals surface area contributed by atoms with Gasteiger partial charge in [0.2, 0.25) is 5.91 Å². The summed E-state index contributed by atoms with van der Waals surface area (Å²) in [6.07, 6.45) is -5.92. The zero-order valence-corrected chi connectivity index (χ0v) is 16.6. The number of hydrogen-bond donors (Lipinski definition) is 3. The van der Waals surface area contributed by atoms with E-state index in [0.717, 1.165) is 11.3 Å². The van der Waals surface area contributed by atoms with Crippen LogP contribution in [0.5, 0.6) is 0 Å². The van der Waals surface area contributed by atoms with Crippen LogP contribution >= 0.6 is 11.3 Å². The standard InChI is InChI=1S/C23H27N3O2S/c1-16-5-4-7-18(13-16)21(27)8-3-2-6-17-9-11-19(12-10-17)25-22(28)14-20-15-29-23(24)26-20/h4-5,7,9-13,15,21,27H,2-3,6,8,14H2,1H3,(H2,24,26)(H,25,28)/t21-/m0/s1/i2D2,4D,5D,7D,13D,14D2,15D. The molecule has 0 bridgehead atoms. The maximum atomic E-state index is 12.5. The monoisotopic (exact) mass is 418 g/mol. The number of hydrogen-bond acceptors (Lipinski definition) is 5. The van der Waals surface area contributed by atoms with Crippen molar-refractivity contribution in [2.75, 3.05) is 11.1 Å². The summed E-state index contributed by atoms with van der Waals surface area (Å²) in [5, 5.41) is 12.8. The molecular formula is C23H27N3O2S. The number of nitrogen functional groups attached to an aromatic ring is 1. The van der Waals surface area contributed by atoms with Gasteiger partial charge in [-0.15, -0.1) is 11.3 Å². The molecule has 1 amide bonds. The van der Waals surface area contributed by atoms with Gasteiger partial charge in [-0.05, 0) is 49.4 Å². The van der Waals surface area contributed by atoms with E-state index in [4.69, 9.17) is 18.1 Å². The van der Waals surface area contributed by atoms with Crippen molar-refractivity contribution in [3.63, 3.8) is 0 Å². The van der Waals surface area contributed by atoms with E-state index in [0.29, 0.717) is 5.56 Å². The highest BCUT2D eigenvalue weighted by Crippen LogP contribution is 2.21. The van der Waals surface area contributed by atoms with Gasteiger partial charge in [0.15, 0.2) is 5.13 Å². The van der Waals surface area contributed by atoms with Gasteiger partial charge in [-0.2, -0.15) is 0 Å². The van der Waals surface area contributed by atoms with Crippen molar-refractivity contribution < 1.29 is 22.2 Å². The summed E-state index contributed by atoms with van der Waals surface area (Å²) in [5.41, 5.74) is 6.07. The molecule has 0 aliphatic heterocycles. The van der Waals surface area contributed by atoms with Gasteiger partial charge in [-0.3, -0.25) is 4.79 Å². The number of benzene rings is 2. The van der Waals surface area contributed by atoms with Crippen LogP contribution in [-0.2, 0) is 17.6 Å². The molecule has 152 valence electrons. The Balaban J connectivity index is 1.64. The number of aliphatic hydroxyl groups excluding tert-OH is 1. The molecule has 6 heteroatoms. The van der Waals surface area contributed by atoms with Crippen LogP contribution in [0.25, 0.3) is 0 Å². The molecule has 5 nitrogen and oxygen atoms in total. The molecule has 0 saturated carbocycles. The highest BCUT2D eigenvalue weighted by atomic mass is 32.1. The van der Waals surface area contributed by atoms with E-state index in [1.54, 1.807) is 12.1 Å². The van der Waals surface area contributed by atoms with E-state index in [1.165, 1.54) is 19.1 Å². The molecule has 1 heterocycles. The van der Waals surface area contributed by atoms with E-state index < -0.39 is 30.8 Å². The predicted molar refractivity (Wildman–Crippen MR) is 119 cm³/mol. The van der Waals surface area contributed by atoms with Crippen molar-refractivity contribution in [1.82, 2.24) is 4.98 Å². The molecule has 4 N–H and O–H groups in total. The predicted octanol–water partition coefficient (Wildman–Crippen LogP) is 4.66. The van der Waals surface area contributed by atoms with Gasteiger partial charge < -0.3 is 16.2 Å². The summed E-state index contributed by atoms with van der Waals surface area (Å²) < 4.78 is 72.4. The summed E-state index contributed by atoms with van der Waals surface area (Å²) >= 11 is 0.762. The third kappa shape index (κ3) is 6.69. The first-order chi connectivity index (χ1) is 17.5. The Bertz CT molecular complexity index is 1320. The van der Waals surface area contributed by atoms with Crippen molar-refractivity contribution in [2.45, 2.75) is 45.0 Å². The smallest absolute Gasteiger partial charge is 0.230 e. The number of anilines is 2. The topological polar surface area (TPSA) is 88.2 Å². The lowest BCUT2D eigenvalue weighted by atomic mass is 10.00. The summed E-state index contributed by atoms with van der Waals surface area (Å²) in [5.74, 6) is -1.03. The van der Waals surface area contributed by atoms with Crippen molar-refractivity contribution in [1.29, 1.82) is 0 Å². The van der Waals surface area contributed by atoms with Gasteiger partial charge in [0, 0.05) is 16.5 Å². The first-order valence-corrected chi connectivity index (χ1v) is 9.75. The fourth-order valence-electron chi connectivity index (χ4n) is 2.53. The molecule has 3 aromatic rings. The molecule has 0 unspecified atom stereocenters. The normalized spacial score (nSPS) is 17.4. The first kappa shape index (κ1) is 12.1. The van der Waals surface area contributed by atoms with Crippen molar-refractivity contribution in [3.05, 3.63) is 76.2 Å². The van der Waals surface area contributed by atoms with E-state index in [9.17, 15) is 9.90 Å². The molecule has 1 aromatic heterocycles. The first-order valence-electron chi connectivity index (χ1n) is 13.4. The van der Waals surface area contributed by atoms with Crippen molar-refractivity contribution in [2.24, 2.45) is 0 Å². The fourth-order valence-corrected chi connectivity index (χ4v) is 2.96. The number of thiazole rings is 1. The largest absolute Gasteiger partial charge is 0.388 e. The molecule has 0 saturated heterocycles. The lowest BCUT2D eigenvalue weighted by Gasteiger charge is -2.11. The van der Waals surface area contributed by atoms with Gasteiger partial charge in [-0.1, -0.05) is 48.3 Å². The molecule has 0 radical (unpaired) electrons. The third-order valence-corrected chi connectivity index (χ3v) is 4.54. The molecule has 2 aromatic carbocycles. The summed E-state index contributed by atoms with van der Waals surface area (Å²) in [6.45, 7) is 1.47. The Kier molecular flexibility index (Phi) is 4.25. The summed E-state index contributed by atoms with van der Waals surface area (Å²) in [6, 6.07) is 4.91. The Morgan fingerprint density at radius 2 is 2.17 bits per heavy atom. The van der Waals surface area contributed by atoms with E-state index in [1.807, 2.05) is 0 Å². The lowest BCUT2D eigenvalue weighted by Crippen LogP contribution is -2.14. The van der Waals surface area contributed by atoms with Crippen LogP contribution < -0.4 is 11.1 Å². The zero-order chi connectivity index (χ0) is 28.6. The number of aliphatic hydroxyl groups is 1. The fraction of sp³-hybridized carbons (Fsp3) is 0.304. The summed E-state index contributed by atoms with van der Waals surface area (Å²) in [4.78, 5) is 16.3. The Labute approximate surface area is 188 Å². The van der Waals surface area contributed by atoms with Gasteiger partial charge in [0.25, 0.3) is 0 Å². The SMILES string of the molecule is [2H]c1sc(N)nc1C([2H])([2H])C(=O)Nc1ccc(CC([2H])([2H])CC[C@H](O)c2c([2H])c([2H])c([2H])c(C)c2[2H])cc1. The van der Waals surface area contributed by atoms with Crippen LogP contribution in [-0.4, -0.2) is 16.0 Å². The highest BCUT2D eigenvalue weighted by Gasteiger charge is 2.08. The second-order valence-electron chi connectivity index (χ2n) is 6.30. The minimum Gasteiger partial charge on any atom is -0.388 e. The van der Waals surface area contributed by atoms with Crippen molar-refractivity contribution in [3.8, 4) is 0 Å². The minimum absolute atomic E-state index is 0.0184. The van der Waals surface area contributed by atoms with Gasteiger partial charge in [0.05, 0.1) is 25.0 Å². The number of amides is 1.